The van der Waals surface area contributed by atoms with Crippen molar-refractivity contribution in [3.63, 3.8) is 0 Å². The van der Waals surface area contributed by atoms with Crippen LogP contribution in [-0.4, -0.2) is 15.9 Å². The molecular weight excluding hydrogens is 734 g/mol. The molecule has 0 saturated carbocycles. The molecule has 0 bridgehead atoms. The number of aliphatic hydroxyl groups is 1. The van der Waals surface area contributed by atoms with Gasteiger partial charge in [-0.3, -0.25) is 9.78 Å². The number of nitrogens with zero attached hydrogens (tertiary/aromatic N) is 1. The van der Waals surface area contributed by atoms with Gasteiger partial charge in [-0.25, -0.2) is 0 Å². The first kappa shape index (κ1) is 28.6. The topological polar surface area (TPSA) is 67.3 Å². The van der Waals surface area contributed by atoms with E-state index in [1.807, 2.05) is 54.6 Å². The molecule has 1 unspecified atom stereocenters. The zero-order valence-corrected chi connectivity index (χ0v) is 26.5. The van der Waals surface area contributed by atoms with E-state index < -0.39 is 7.14 Å². The van der Waals surface area contributed by atoms with Crippen LogP contribution in [-0.2, 0) is 29.5 Å². The van der Waals surface area contributed by atoms with Crippen molar-refractivity contribution in [1.82, 2.24) is 4.98 Å². The Balaban J connectivity index is 0.000000362. The molecule has 0 aliphatic carbocycles. The molecule has 1 N–H and O–H groups in total. The maximum atomic E-state index is 14.9. The van der Waals surface area contributed by atoms with Crippen molar-refractivity contribution < 1.29 is 34.6 Å². The maximum Gasteiger partial charge on any atom is 0.155 e. The van der Waals surface area contributed by atoms with E-state index in [0.29, 0.717) is 0 Å². The van der Waals surface area contributed by atoms with Crippen molar-refractivity contribution in [2.45, 2.75) is 33.4 Å². The van der Waals surface area contributed by atoms with E-state index in [-0.39, 0.29) is 31.6 Å². The van der Waals surface area contributed by atoms with Crippen LogP contribution < -0.4 is 15.9 Å². The van der Waals surface area contributed by atoms with Gasteiger partial charge in [-0.1, -0.05) is 76.5 Å². The summed E-state index contributed by atoms with van der Waals surface area (Å²) in [5, 5.41) is 12.3. The zero-order chi connectivity index (χ0) is 27.1. The molecule has 3 heterocycles. The molecule has 4 aromatic carbocycles. The van der Waals surface area contributed by atoms with Crippen LogP contribution in [0.3, 0.4) is 0 Å². The van der Waals surface area contributed by atoms with Gasteiger partial charge in [0.15, 0.2) is 5.78 Å². The molecule has 4 nitrogen and oxygen atoms in total. The van der Waals surface area contributed by atoms with Gasteiger partial charge in [0.05, 0.1) is 11.3 Å². The van der Waals surface area contributed by atoms with Crippen molar-refractivity contribution in [1.29, 1.82) is 0 Å². The zero-order valence-electron chi connectivity index (χ0n) is 21.5. The molecule has 0 amide bonds. The monoisotopic (exact) mass is 757 g/mol. The Kier molecular flexibility index (Phi) is 8.24. The van der Waals surface area contributed by atoms with E-state index in [1.54, 1.807) is 23.5 Å². The van der Waals surface area contributed by atoms with Crippen LogP contribution in [0.15, 0.2) is 122 Å². The fraction of sp³-hybridized carbons (Fsp3) is 0.0625. The standard InChI is InChI=1S/C27H15NOPS2.C5H8O2.Ir/c29-30-21-9-3-5-11-23(21)31-25-15-18(20-14-13-17-7-1-2-8-19(17)28-20)16-26(27(25)30)32-24-12-6-4-10-22(24)30;1-4(6)3-5(2)7;/h1-15H;3,6H,1-2H3;/q-1;;/b;4-3-;. The average Bonchev–Trinajstić information content (AvgIpc) is 2.92. The van der Waals surface area contributed by atoms with Crippen molar-refractivity contribution in [2.75, 3.05) is 0 Å². The Labute approximate surface area is 255 Å². The molecule has 0 fully saturated rings. The Bertz CT molecular complexity index is 1790. The number of fused-ring (bicyclic) bond motifs is 5. The minimum atomic E-state index is -2.96. The minimum Gasteiger partial charge on any atom is -0.512 e. The first-order valence-electron chi connectivity index (χ1n) is 12.3. The first-order valence-corrected chi connectivity index (χ1v) is 15.7. The van der Waals surface area contributed by atoms with Gasteiger partial charge in [0.25, 0.3) is 0 Å². The number of hydrogen-bond donors (Lipinski definition) is 1. The van der Waals surface area contributed by atoms with E-state index in [1.165, 1.54) is 19.9 Å². The minimum absolute atomic E-state index is 0. The van der Waals surface area contributed by atoms with Crippen molar-refractivity contribution in [3.8, 4) is 11.3 Å². The normalized spacial score (nSPS) is 16.4. The summed E-state index contributed by atoms with van der Waals surface area (Å²) in [6.45, 7) is 2.85. The summed E-state index contributed by atoms with van der Waals surface area (Å²) < 4.78 is 14.9. The Morgan fingerprint density at radius 2 is 1.48 bits per heavy atom. The fourth-order valence-corrected chi connectivity index (χ4v) is 11.6. The van der Waals surface area contributed by atoms with Crippen LogP contribution in [0.4, 0.5) is 0 Å². The SMILES string of the molecule is CC(=O)/C=C(/C)O.O=P12c3ccccc3Sc3[c-]c(-c4ccc5ccccc5n4)cc(c31)Sc1ccccc12.[Ir]. The predicted molar refractivity (Wildman–Crippen MR) is 161 cm³/mol. The molecule has 1 aromatic heterocycles. The fourth-order valence-electron chi connectivity index (χ4n) is 4.83. The van der Waals surface area contributed by atoms with E-state index >= 15 is 0 Å². The number of hydrogen-bond acceptors (Lipinski definition) is 6. The second-order valence-electron chi connectivity index (χ2n) is 9.26. The number of allylic oxidation sites excluding steroid dienone is 2. The molecule has 0 spiro atoms. The Morgan fingerprint density at radius 3 is 2.12 bits per heavy atom. The van der Waals surface area contributed by atoms with Crippen molar-refractivity contribution >= 4 is 63.3 Å². The molecule has 8 heteroatoms. The van der Waals surface area contributed by atoms with Gasteiger partial charge >= 0.3 is 0 Å². The number of aromatic nitrogens is 1. The molecule has 201 valence electrons. The van der Waals surface area contributed by atoms with Crippen LogP contribution in [0.5, 0.6) is 0 Å². The van der Waals surface area contributed by atoms with Gasteiger partial charge in [-0.05, 0) is 48.4 Å². The van der Waals surface area contributed by atoms with Crippen molar-refractivity contribution in [2.24, 2.45) is 0 Å². The van der Waals surface area contributed by atoms with E-state index in [2.05, 4.69) is 42.5 Å². The summed E-state index contributed by atoms with van der Waals surface area (Å²) in [6.07, 6.45) is 1.17. The Morgan fingerprint density at radius 1 is 0.850 bits per heavy atom. The summed E-state index contributed by atoms with van der Waals surface area (Å²) in [7, 11) is -2.96. The van der Waals surface area contributed by atoms with E-state index in [4.69, 9.17) is 10.1 Å². The predicted octanol–water partition coefficient (Wildman–Crippen LogP) is 7.31. The number of benzene rings is 4. The average molecular weight is 757 g/mol. The van der Waals surface area contributed by atoms with Gasteiger partial charge < -0.3 is 9.67 Å². The van der Waals surface area contributed by atoms with Crippen LogP contribution >= 0.6 is 30.7 Å². The molecule has 1 atom stereocenters. The smallest absolute Gasteiger partial charge is 0.155 e. The third-order valence-corrected chi connectivity index (χ3v) is 12.5. The molecule has 40 heavy (non-hydrogen) atoms. The van der Waals surface area contributed by atoms with Crippen LogP contribution in [0.2, 0.25) is 0 Å². The second-order valence-corrected chi connectivity index (χ2v) is 14.0. The summed E-state index contributed by atoms with van der Waals surface area (Å²) in [5.74, 6) is -0.0625. The molecule has 1 radical (unpaired) electrons. The number of aliphatic hydroxyl groups excluding tert-OH is 1. The maximum absolute atomic E-state index is 14.9. The third-order valence-electron chi connectivity index (χ3n) is 6.41. The van der Waals surface area contributed by atoms with Crippen LogP contribution in [0, 0.1) is 6.07 Å². The van der Waals surface area contributed by atoms with E-state index in [9.17, 15) is 9.36 Å². The number of rotatable bonds is 2. The van der Waals surface area contributed by atoms with Gasteiger partial charge in [-0.2, -0.15) is 0 Å². The molecule has 0 saturated heterocycles. The largest absolute Gasteiger partial charge is 0.512 e. The number of para-hydroxylation sites is 1. The number of carbonyl (C=O) groups excluding carboxylic acids is 1. The third kappa shape index (κ3) is 5.13. The van der Waals surface area contributed by atoms with Gasteiger partial charge in [-0.15, -0.1) is 41.2 Å². The molecule has 7 rings (SSSR count). The summed E-state index contributed by atoms with van der Waals surface area (Å²) >= 11 is 3.37. The van der Waals surface area contributed by atoms with Crippen molar-refractivity contribution in [3.05, 3.63) is 109 Å². The van der Waals surface area contributed by atoms with Crippen LogP contribution in [0.1, 0.15) is 13.8 Å². The second kappa shape index (κ2) is 11.5. The number of carbonyl (C=O) groups is 1. The van der Waals surface area contributed by atoms with Gasteiger partial charge in [0, 0.05) is 46.6 Å². The number of ketones is 1. The molecule has 2 aliphatic heterocycles. The molecule has 5 aromatic rings. The van der Waals surface area contributed by atoms with Crippen LogP contribution in [0.25, 0.3) is 22.2 Å². The summed E-state index contributed by atoms with van der Waals surface area (Å²) in [5.41, 5.74) is 2.79. The number of pyridine rings is 1. The Hall–Kier alpha value is -2.92. The van der Waals surface area contributed by atoms with Gasteiger partial charge in [0.1, 0.15) is 7.14 Å². The summed E-state index contributed by atoms with van der Waals surface area (Å²) in [6, 6.07) is 34.2. The molecule has 2 aliphatic rings. The van der Waals surface area contributed by atoms with E-state index in [0.717, 1.165) is 57.7 Å². The first-order chi connectivity index (χ1) is 18.8. The van der Waals surface area contributed by atoms with Gasteiger partial charge in [0.2, 0.25) is 0 Å². The summed E-state index contributed by atoms with van der Waals surface area (Å²) in [4.78, 5) is 19.0. The quantitative estimate of drug-likeness (QED) is 0.0865. The molecular formula is C32H23IrNO3PS2-.